The van der Waals surface area contributed by atoms with Crippen molar-refractivity contribution < 1.29 is 28.2 Å². The average molecular weight is 558 g/mol. The molecule has 40 heavy (non-hydrogen) atoms. The van der Waals surface area contributed by atoms with Crippen LogP contribution in [0, 0.1) is 11.6 Å². The molecule has 2 heterocycles. The highest BCUT2D eigenvalue weighted by molar-refractivity contribution is 6.16. The smallest absolute Gasteiger partial charge is 0.239 e. The number of hydrogen-bond acceptors (Lipinski definition) is 8. The largest absolute Gasteiger partial charge is 0.493 e. The number of amides is 1. The molecule has 0 bridgehead atoms. The highest BCUT2D eigenvalue weighted by Crippen LogP contribution is 2.38. The fourth-order valence-corrected chi connectivity index (χ4v) is 4.39. The highest BCUT2D eigenvalue weighted by Gasteiger charge is 2.29. The molecule has 4 N–H and O–H groups in total. The molecule has 0 spiro atoms. The van der Waals surface area contributed by atoms with Gasteiger partial charge in [-0.25, -0.2) is 13.8 Å². The van der Waals surface area contributed by atoms with Crippen molar-refractivity contribution in [2.45, 2.75) is 19.9 Å². The number of carbonyl (C=O) groups is 1. The topological polar surface area (TPSA) is 130 Å². The first-order valence-electron chi connectivity index (χ1n) is 12.9. The number of nitrogens with zero attached hydrogens (tertiary/aromatic N) is 5. The molecular weight excluding hydrogens is 524 g/mol. The van der Waals surface area contributed by atoms with Crippen LogP contribution in [-0.4, -0.2) is 78.2 Å². The number of aromatic nitrogens is 2. The predicted octanol–water partition coefficient (Wildman–Crippen LogP) is 2.71. The Morgan fingerprint density at radius 1 is 1.27 bits per heavy atom. The van der Waals surface area contributed by atoms with Crippen molar-refractivity contribution in [3.63, 3.8) is 0 Å². The molecule has 0 saturated carbocycles. The monoisotopic (exact) mass is 557 g/mol. The standard InChI is InChI=1S/C27H33F2N7O4/c1-3-34(9-10-37)8-5-11-40-24-13-21-19(12-23(24)39-2)27(33-18-14-32-35(15-18)16-25(30)38)36(17-31-21)22-7-4-6-20(28)26(22)29/h4,6-7,12-15,31,37H,3,5,8-11,16-17H2,1-2H3,(H2,30,38). The minimum absolute atomic E-state index is 0.0101. The lowest BCUT2D eigenvalue weighted by Crippen LogP contribution is -2.41. The van der Waals surface area contributed by atoms with E-state index in [4.69, 9.17) is 20.2 Å². The van der Waals surface area contributed by atoms with Crippen molar-refractivity contribution in [3.05, 3.63) is 59.9 Å². The van der Waals surface area contributed by atoms with Crippen LogP contribution in [0.4, 0.5) is 25.8 Å². The van der Waals surface area contributed by atoms with Gasteiger partial charge in [-0.05, 0) is 31.2 Å². The number of aliphatic hydroxyl groups is 1. The van der Waals surface area contributed by atoms with Crippen LogP contribution >= 0.6 is 0 Å². The fraction of sp³-hybridized carbons (Fsp3) is 0.370. The van der Waals surface area contributed by atoms with Crippen molar-refractivity contribution >= 4 is 28.8 Å². The van der Waals surface area contributed by atoms with E-state index in [1.54, 1.807) is 12.1 Å². The average Bonchev–Trinajstić information content (AvgIpc) is 3.37. The molecule has 1 aromatic heterocycles. The number of amidine groups is 1. The number of benzene rings is 2. The number of carbonyl (C=O) groups excluding carboxylic acids is 1. The maximum Gasteiger partial charge on any atom is 0.239 e. The number of ether oxygens (including phenoxy) is 2. The van der Waals surface area contributed by atoms with E-state index in [-0.39, 0.29) is 25.5 Å². The molecule has 2 aromatic carbocycles. The lowest BCUT2D eigenvalue weighted by molar-refractivity contribution is -0.118. The minimum atomic E-state index is -1.01. The zero-order chi connectivity index (χ0) is 28.6. The molecule has 0 unspecified atom stereocenters. The van der Waals surface area contributed by atoms with Gasteiger partial charge in [-0.3, -0.25) is 9.48 Å². The van der Waals surface area contributed by atoms with Crippen LogP contribution in [0.25, 0.3) is 0 Å². The number of anilines is 2. The van der Waals surface area contributed by atoms with Gasteiger partial charge in [0.15, 0.2) is 23.1 Å². The molecule has 0 atom stereocenters. The van der Waals surface area contributed by atoms with Gasteiger partial charge in [0.2, 0.25) is 5.91 Å². The van der Waals surface area contributed by atoms with E-state index in [0.717, 1.165) is 25.6 Å². The molecule has 0 aliphatic carbocycles. The molecule has 13 heteroatoms. The van der Waals surface area contributed by atoms with Gasteiger partial charge in [0, 0.05) is 24.7 Å². The lowest BCUT2D eigenvalue weighted by atomic mass is 10.1. The van der Waals surface area contributed by atoms with Crippen molar-refractivity contribution in [1.29, 1.82) is 0 Å². The zero-order valence-corrected chi connectivity index (χ0v) is 22.4. The molecule has 11 nitrogen and oxygen atoms in total. The molecule has 4 rings (SSSR count). The van der Waals surface area contributed by atoms with Gasteiger partial charge in [-0.1, -0.05) is 13.0 Å². The first-order valence-corrected chi connectivity index (χ1v) is 12.9. The van der Waals surface area contributed by atoms with Gasteiger partial charge >= 0.3 is 0 Å². The second-order valence-corrected chi connectivity index (χ2v) is 9.04. The number of fused-ring (bicyclic) bond motifs is 1. The summed E-state index contributed by atoms with van der Waals surface area (Å²) in [5.74, 6) is -1.31. The first kappa shape index (κ1) is 28.8. The fourth-order valence-electron chi connectivity index (χ4n) is 4.39. The Labute approximate surface area is 230 Å². The molecule has 3 aromatic rings. The third-order valence-electron chi connectivity index (χ3n) is 6.36. The molecule has 214 valence electrons. The Hall–Kier alpha value is -4.23. The first-order chi connectivity index (χ1) is 19.3. The summed E-state index contributed by atoms with van der Waals surface area (Å²) in [5, 5.41) is 16.5. The van der Waals surface area contributed by atoms with Gasteiger partial charge in [0.1, 0.15) is 18.1 Å². The number of hydrogen-bond donors (Lipinski definition) is 3. The number of aliphatic hydroxyl groups excluding tert-OH is 1. The van der Waals surface area contributed by atoms with Crippen LogP contribution in [0.15, 0.2) is 47.7 Å². The third-order valence-corrected chi connectivity index (χ3v) is 6.36. The number of halogens is 2. The van der Waals surface area contributed by atoms with E-state index in [1.807, 2.05) is 6.92 Å². The Morgan fingerprint density at radius 2 is 2.10 bits per heavy atom. The molecule has 1 amide bonds. The second-order valence-electron chi connectivity index (χ2n) is 9.04. The van der Waals surface area contributed by atoms with E-state index in [2.05, 4.69) is 15.3 Å². The number of aliphatic imine (C=N–C) groups is 1. The van der Waals surface area contributed by atoms with Gasteiger partial charge in [-0.15, -0.1) is 0 Å². The summed E-state index contributed by atoms with van der Waals surface area (Å²) in [6.07, 6.45) is 3.73. The van der Waals surface area contributed by atoms with Crippen molar-refractivity contribution in [2.75, 3.05) is 56.8 Å². The second kappa shape index (κ2) is 13.2. The summed E-state index contributed by atoms with van der Waals surface area (Å²) in [6, 6.07) is 7.43. The van der Waals surface area contributed by atoms with Crippen LogP contribution in [0.2, 0.25) is 0 Å². The molecule has 0 fully saturated rings. The van der Waals surface area contributed by atoms with Gasteiger partial charge < -0.3 is 35.4 Å². The van der Waals surface area contributed by atoms with E-state index in [0.29, 0.717) is 47.4 Å². The van der Waals surface area contributed by atoms with Crippen molar-refractivity contribution in [1.82, 2.24) is 14.7 Å². The van der Waals surface area contributed by atoms with E-state index < -0.39 is 17.5 Å². The van der Waals surface area contributed by atoms with E-state index in [1.165, 1.54) is 41.2 Å². The summed E-state index contributed by atoms with van der Waals surface area (Å²) >= 11 is 0. The van der Waals surface area contributed by atoms with Crippen molar-refractivity contribution in [2.24, 2.45) is 10.7 Å². The summed E-state index contributed by atoms with van der Waals surface area (Å²) in [7, 11) is 1.51. The normalized spacial score (nSPS) is 13.8. The van der Waals surface area contributed by atoms with Crippen LogP contribution in [0.3, 0.4) is 0 Å². The van der Waals surface area contributed by atoms with Crippen LogP contribution in [-0.2, 0) is 11.3 Å². The molecule has 0 saturated heterocycles. The lowest BCUT2D eigenvalue weighted by Gasteiger charge is -2.33. The quantitative estimate of drug-likeness (QED) is 0.274. The van der Waals surface area contributed by atoms with E-state index in [9.17, 15) is 18.7 Å². The maximum absolute atomic E-state index is 14.9. The number of primary amides is 1. The number of nitrogens with two attached hydrogens (primary N) is 1. The third kappa shape index (κ3) is 6.66. The number of rotatable bonds is 13. The summed E-state index contributed by atoms with van der Waals surface area (Å²) in [6.45, 7) is 4.73. The summed E-state index contributed by atoms with van der Waals surface area (Å²) < 4.78 is 42.1. The summed E-state index contributed by atoms with van der Waals surface area (Å²) in [5.41, 5.74) is 6.85. The Kier molecular flexibility index (Phi) is 9.51. The Morgan fingerprint density at radius 3 is 2.83 bits per heavy atom. The van der Waals surface area contributed by atoms with Crippen LogP contribution < -0.4 is 25.4 Å². The SMILES string of the molecule is CCN(CCO)CCCOc1cc2c(cc1OC)C(=Nc1cnn(CC(N)=O)c1)N(c1cccc(F)c1F)CN2. The Balaban J connectivity index is 1.68. The Bertz CT molecular complexity index is 1360. The minimum Gasteiger partial charge on any atom is -0.493 e. The van der Waals surface area contributed by atoms with E-state index >= 15 is 0 Å². The number of likely N-dealkylation sites (N-methyl/N-ethyl adjacent to an activating group) is 1. The van der Waals surface area contributed by atoms with Gasteiger partial charge in [-0.2, -0.15) is 5.10 Å². The number of nitrogens with one attached hydrogen (secondary N) is 1. The molecular formula is C27H33F2N7O4. The molecule has 1 aliphatic heterocycles. The predicted molar refractivity (Wildman–Crippen MR) is 147 cm³/mol. The van der Waals surface area contributed by atoms with Crippen LogP contribution in [0.5, 0.6) is 11.5 Å². The van der Waals surface area contributed by atoms with Gasteiger partial charge in [0.25, 0.3) is 0 Å². The van der Waals surface area contributed by atoms with Gasteiger partial charge in [0.05, 0.1) is 50.8 Å². The number of methoxy groups -OCH3 is 1. The highest BCUT2D eigenvalue weighted by atomic mass is 19.2. The molecule has 1 aliphatic rings. The molecule has 0 radical (unpaired) electrons. The summed E-state index contributed by atoms with van der Waals surface area (Å²) in [4.78, 5) is 19.6. The maximum atomic E-state index is 14.9. The van der Waals surface area contributed by atoms with Crippen molar-refractivity contribution in [3.8, 4) is 11.5 Å². The zero-order valence-electron chi connectivity index (χ0n) is 22.4. The van der Waals surface area contributed by atoms with Crippen LogP contribution in [0.1, 0.15) is 18.9 Å².